The zero-order valence-electron chi connectivity index (χ0n) is 18.0. The fraction of sp³-hybridized carbons (Fsp3) is 0.154. The molecule has 4 rings (SSSR count). The van der Waals surface area contributed by atoms with E-state index in [1.54, 1.807) is 0 Å². The summed E-state index contributed by atoms with van der Waals surface area (Å²) in [5.74, 6) is 0. The van der Waals surface area contributed by atoms with Gasteiger partial charge in [0.2, 0.25) is 0 Å². The first kappa shape index (κ1) is 19.6. The first-order valence-electron chi connectivity index (χ1n) is 10.1. The minimum atomic E-state index is 1.17. The normalized spacial score (nSPS) is 12.3. The maximum atomic E-state index is 2.20. The predicted molar refractivity (Wildman–Crippen MR) is 128 cm³/mol. The summed E-state index contributed by atoms with van der Waals surface area (Å²) in [6.45, 7) is 0. The van der Waals surface area contributed by atoms with Gasteiger partial charge in [0.15, 0.2) is 0 Å². The first-order chi connectivity index (χ1) is 14.5. The van der Waals surface area contributed by atoms with Gasteiger partial charge in [0.05, 0.1) is 0 Å². The zero-order chi connectivity index (χ0) is 21.1. The van der Waals surface area contributed by atoms with Crippen molar-refractivity contribution in [3.63, 3.8) is 0 Å². The number of nitrogens with zero attached hydrogens (tertiary/aromatic N) is 4. The van der Waals surface area contributed by atoms with Crippen LogP contribution in [-0.2, 0) is 28.2 Å². The fourth-order valence-corrected chi connectivity index (χ4v) is 3.56. The second kappa shape index (κ2) is 8.37. The minimum absolute atomic E-state index is 1.17. The van der Waals surface area contributed by atoms with Gasteiger partial charge in [0, 0.05) is 74.7 Å². The Morgan fingerprint density at radius 1 is 0.433 bits per heavy atom. The number of hydrogen-bond acceptors (Lipinski definition) is 0. The van der Waals surface area contributed by atoms with Gasteiger partial charge >= 0.3 is 0 Å². The van der Waals surface area contributed by atoms with Crippen LogP contribution >= 0.6 is 0 Å². The molecule has 4 heterocycles. The Hall–Kier alpha value is -3.66. The smallest absolute Gasteiger partial charge is 0.0409 e. The van der Waals surface area contributed by atoms with Crippen molar-refractivity contribution in [1.29, 1.82) is 0 Å². The molecule has 0 unspecified atom stereocenters. The van der Waals surface area contributed by atoms with Gasteiger partial charge in [0.1, 0.15) is 0 Å². The van der Waals surface area contributed by atoms with Crippen LogP contribution < -0.4 is 0 Å². The molecule has 0 bridgehead atoms. The Balaban J connectivity index is 1.49. The number of aryl methyl sites for hydroxylation is 2. The molecule has 0 aliphatic heterocycles. The van der Waals surface area contributed by atoms with Gasteiger partial charge in [-0.1, -0.05) is 0 Å². The highest BCUT2D eigenvalue weighted by Gasteiger charge is 2.02. The molecule has 152 valence electrons. The van der Waals surface area contributed by atoms with E-state index in [9.17, 15) is 0 Å². The Labute approximate surface area is 178 Å². The lowest BCUT2D eigenvalue weighted by molar-refractivity contribution is 0.896. The molecule has 0 aromatic carbocycles. The largest absolute Gasteiger partial charge is 0.351 e. The zero-order valence-corrected chi connectivity index (χ0v) is 18.0. The topological polar surface area (TPSA) is 19.7 Å². The second-order valence-corrected chi connectivity index (χ2v) is 7.57. The van der Waals surface area contributed by atoms with Gasteiger partial charge in [-0.15, -0.1) is 0 Å². The molecule has 0 aliphatic rings. The quantitative estimate of drug-likeness (QED) is 0.407. The third-order valence-corrected chi connectivity index (χ3v) is 5.64. The Morgan fingerprint density at radius 3 is 1.00 bits per heavy atom. The number of aromatic nitrogens is 4. The van der Waals surface area contributed by atoms with Crippen molar-refractivity contribution in [1.82, 2.24) is 18.3 Å². The maximum absolute atomic E-state index is 2.20. The molecular formula is C26H28N4. The van der Waals surface area contributed by atoms with E-state index in [1.807, 2.05) is 0 Å². The van der Waals surface area contributed by atoms with Crippen LogP contribution in [0, 0.1) is 0 Å². The molecule has 4 aromatic rings. The lowest BCUT2D eigenvalue weighted by Gasteiger charge is -2.03. The monoisotopic (exact) mass is 396 g/mol. The summed E-state index contributed by atoms with van der Waals surface area (Å²) in [7, 11) is 8.32. The minimum Gasteiger partial charge on any atom is -0.351 e. The van der Waals surface area contributed by atoms with Gasteiger partial charge in [-0.05, 0) is 85.0 Å². The number of hydrogen-bond donors (Lipinski definition) is 0. The van der Waals surface area contributed by atoms with Crippen LogP contribution in [0.5, 0.6) is 0 Å². The SMILES string of the molecule is Cn1cccc1C=Cc1ccc(C=Cc2ccc(C=Cc3cccn3C)n2C)n1C. The van der Waals surface area contributed by atoms with E-state index < -0.39 is 0 Å². The van der Waals surface area contributed by atoms with E-state index >= 15 is 0 Å². The third kappa shape index (κ3) is 4.03. The molecule has 0 aliphatic carbocycles. The van der Waals surface area contributed by atoms with Crippen molar-refractivity contribution in [2.24, 2.45) is 28.2 Å². The molecule has 4 nitrogen and oxygen atoms in total. The van der Waals surface area contributed by atoms with Crippen LogP contribution in [-0.4, -0.2) is 18.3 Å². The average molecular weight is 397 g/mol. The highest BCUT2D eigenvalue weighted by atomic mass is 15.0. The number of rotatable bonds is 6. The molecule has 0 spiro atoms. The van der Waals surface area contributed by atoms with E-state index in [0.717, 1.165) is 0 Å². The van der Waals surface area contributed by atoms with Crippen molar-refractivity contribution in [3.8, 4) is 0 Å². The van der Waals surface area contributed by atoms with Crippen molar-refractivity contribution in [2.45, 2.75) is 0 Å². The van der Waals surface area contributed by atoms with E-state index in [2.05, 4.69) is 144 Å². The lowest BCUT2D eigenvalue weighted by atomic mass is 10.3. The predicted octanol–water partition coefficient (Wildman–Crippen LogP) is 5.55. The van der Waals surface area contributed by atoms with Crippen LogP contribution in [0.25, 0.3) is 36.5 Å². The molecule has 0 radical (unpaired) electrons. The van der Waals surface area contributed by atoms with Crippen molar-refractivity contribution >= 4 is 36.5 Å². The lowest BCUT2D eigenvalue weighted by Crippen LogP contribution is -1.95. The summed E-state index contributed by atoms with van der Waals surface area (Å²) >= 11 is 0. The molecule has 4 heteroatoms. The summed E-state index contributed by atoms with van der Waals surface area (Å²) < 4.78 is 8.63. The van der Waals surface area contributed by atoms with Crippen LogP contribution in [0.3, 0.4) is 0 Å². The summed E-state index contributed by atoms with van der Waals surface area (Å²) in [5.41, 5.74) is 7.07. The van der Waals surface area contributed by atoms with Crippen LogP contribution in [0.15, 0.2) is 60.9 Å². The van der Waals surface area contributed by atoms with Crippen molar-refractivity contribution in [3.05, 3.63) is 95.1 Å². The second-order valence-electron chi connectivity index (χ2n) is 7.57. The Kier molecular flexibility index (Phi) is 5.48. The van der Waals surface area contributed by atoms with Crippen molar-refractivity contribution < 1.29 is 0 Å². The molecule has 0 fully saturated rings. The standard InChI is InChI=1S/C26H28N4/c1-27-19-5-7-21(27)9-11-23-13-15-25(29(23)3)17-18-26-16-14-24(30(26)4)12-10-22-8-6-20-28(22)2/h5-20H,1-4H3. The van der Waals surface area contributed by atoms with Crippen LogP contribution in [0.2, 0.25) is 0 Å². The van der Waals surface area contributed by atoms with E-state index in [0.29, 0.717) is 0 Å². The molecule has 0 saturated heterocycles. The molecule has 0 N–H and O–H groups in total. The summed E-state index contributed by atoms with van der Waals surface area (Å²) in [5, 5.41) is 0. The van der Waals surface area contributed by atoms with Crippen LogP contribution in [0.4, 0.5) is 0 Å². The fourth-order valence-electron chi connectivity index (χ4n) is 3.56. The van der Waals surface area contributed by atoms with Gasteiger partial charge < -0.3 is 18.3 Å². The maximum Gasteiger partial charge on any atom is 0.0409 e. The Bertz CT molecular complexity index is 1140. The summed E-state index contributed by atoms with van der Waals surface area (Å²) in [6.07, 6.45) is 17.0. The molecule has 0 saturated carbocycles. The van der Waals surface area contributed by atoms with Gasteiger partial charge in [0.25, 0.3) is 0 Å². The van der Waals surface area contributed by atoms with Gasteiger partial charge in [-0.3, -0.25) is 0 Å². The third-order valence-electron chi connectivity index (χ3n) is 5.64. The molecule has 4 aromatic heterocycles. The highest BCUT2D eigenvalue weighted by Crippen LogP contribution is 2.17. The van der Waals surface area contributed by atoms with Crippen molar-refractivity contribution in [2.75, 3.05) is 0 Å². The van der Waals surface area contributed by atoms with Gasteiger partial charge in [-0.25, -0.2) is 0 Å². The molecular weight excluding hydrogens is 368 g/mol. The van der Waals surface area contributed by atoms with E-state index in [1.165, 1.54) is 34.2 Å². The molecule has 0 amide bonds. The average Bonchev–Trinajstić information content (AvgIpc) is 3.49. The highest BCUT2D eigenvalue weighted by molar-refractivity contribution is 5.73. The van der Waals surface area contributed by atoms with Crippen LogP contribution in [0.1, 0.15) is 34.2 Å². The van der Waals surface area contributed by atoms with E-state index in [4.69, 9.17) is 0 Å². The first-order valence-corrected chi connectivity index (χ1v) is 10.1. The molecule has 30 heavy (non-hydrogen) atoms. The molecule has 0 atom stereocenters. The summed E-state index contributed by atoms with van der Waals surface area (Å²) in [4.78, 5) is 0. The summed E-state index contributed by atoms with van der Waals surface area (Å²) in [6, 6.07) is 16.9. The van der Waals surface area contributed by atoms with E-state index in [-0.39, 0.29) is 0 Å². The van der Waals surface area contributed by atoms with Gasteiger partial charge in [-0.2, -0.15) is 0 Å². The Morgan fingerprint density at radius 2 is 0.733 bits per heavy atom.